The van der Waals surface area contributed by atoms with Gasteiger partial charge in [0.2, 0.25) is 0 Å². The molecule has 6 aromatic rings. The average molecular weight is 883 g/mol. The zero-order chi connectivity index (χ0) is 40.5. The van der Waals surface area contributed by atoms with Crippen LogP contribution in [0.5, 0.6) is 11.5 Å². The Labute approximate surface area is 424 Å². The summed E-state index contributed by atoms with van der Waals surface area (Å²) in [7, 11) is 3.34. The van der Waals surface area contributed by atoms with Crippen LogP contribution < -0.4 is 124 Å². The number of halogens is 3. The molecule has 2 aromatic carbocycles. The molecule has 0 saturated heterocycles. The first kappa shape index (κ1) is 53.8. The number of hydrogen-bond donors (Lipinski definition) is 1. The SMILES string of the molecule is CC#N.CC(C)c1ncc2c(=O)n(C)c(CCl)nn12.CC(C)c1ncc2c(=O)n(C)c(COc3ccc(Cl)cc3)nn12.O=CO[O-].Oc1ccc(Cl)cc1.[H-].[K+].[K+]. The van der Waals surface area contributed by atoms with Crippen LogP contribution in [0, 0.1) is 11.3 Å². The summed E-state index contributed by atoms with van der Waals surface area (Å²) in [6, 6.07) is 15.2. The van der Waals surface area contributed by atoms with E-state index in [9.17, 15) is 9.59 Å². The Balaban J connectivity index is 0. The summed E-state index contributed by atoms with van der Waals surface area (Å²) in [5, 5.41) is 34.6. The van der Waals surface area contributed by atoms with Gasteiger partial charge in [0.05, 0.1) is 24.3 Å². The Bertz CT molecular complexity index is 2260. The summed E-state index contributed by atoms with van der Waals surface area (Å²) in [4.78, 5) is 44.1. The second kappa shape index (κ2) is 27.5. The van der Waals surface area contributed by atoms with Crippen LogP contribution in [-0.2, 0) is 36.3 Å². The van der Waals surface area contributed by atoms with Crippen molar-refractivity contribution in [3.05, 3.63) is 115 Å². The van der Waals surface area contributed by atoms with E-state index in [1.54, 1.807) is 90.1 Å². The molecule has 0 atom stereocenters. The summed E-state index contributed by atoms with van der Waals surface area (Å²) in [6.45, 7) is 9.47. The molecule has 0 aliphatic heterocycles. The van der Waals surface area contributed by atoms with E-state index in [0.29, 0.717) is 38.5 Å². The first-order valence-electron chi connectivity index (χ1n) is 15.9. The molecule has 56 heavy (non-hydrogen) atoms. The van der Waals surface area contributed by atoms with Crippen molar-refractivity contribution in [2.24, 2.45) is 14.1 Å². The fourth-order valence-electron chi connectivity index (χ4n) is 4.31. The van der Waals surface area contributed by atoms with Gasteiger partial charge in [-0.3, -0.25) is 23.5 Å². The maximum absolute atomic E-state index is 12.4. The van der Waals surface area contributed by atoms with Gasteiger partial charge in [0.1, 0.15) is 35.6 Å². The molecule has 0 saturated carbocycles. The quantitative estimate of drug-likeness (QED) is 0.0689. The monoisotopic (exact) mass is 881 g/mol. The summed E-state index contributed by atoms with van der Waals surface area (Å²) in [5.41, 5.74) is 0.686. The fourth-order valence-corrected chi connectivity index (χ4v) is 4.80. The molecule has 0 unspecified atom stereocenters. The standard InChI is InChI=1S/C16H17ClN4O2.C10H13ClN4O.C6H5ClO.C2H3N.CH2O3.2K.H/c1-10(2)15-18-8-13-16(22)20(3)14(19-21(13)15)9-23-12-6-4-11(17)5-7-12;1-6(2)9-12-5-7-10(16)14(3)8(4-11)13-15(7)9;7-5-1-3-6(8)4-2-5;1-2-3;2-1-4-3;;;/h4-8,10H,9H2,1-3H3;5-6H,4H2,1-3H3;1-4,8H;1H3;1,3H;;;/q;;;;;2*+1;-1/p-1. The Morgan fingerprint density at radius 3 is 1.57 bits per heavy atom. The smallest absolute Gasteiger partial charge is 1.00 e. The van der Waals surface area contributed by atoms with Crippen molar-refractivity contribution in [3.8, 4) is 17.6 Å². The number of benzene rings is 2. The Morgan fingerprint density at radius 2 is 1.21 bits per heavy atom. The van der Waals surface area contributed by atoms with Gasteiger partial charge in [-0.1, -0.05) is 50.9 Å². The van der Waals surface area contributed by atoms with Crippen LogP contribution in [0.25, 0.3) is 11.0 Å². The van der Waals surface area contributed by atoms with Crippen molar-refractivity contribution in [2.75, 3.05) is 0 Å². The number of nitrogens with zero attached hydrogens (tertiary/aromatic N) is 9. The zero-order valence-electron chi connectivity index (χ0n) is 33.5. The number of alkyl halides is 1. The van der Waals surface area contributed by atoms with Crippen molar-refractivity contribution in [3.63, 3.8) is 0 Å². The van der Waals surface area contributed by atoms with Gasteiger partial charge < -0.3 is 21.4 Å². The van der Waals surface area contributed by atoms with E-state index in [4.69, 9.17) is 60.0 Å². The number of carbonyl (C=O) groups is 1. The number of phenols is 1. The first-order valence-corrected chi connectivity index (χ1v) is 17.2. The van der Waals surface area contributed by atoms with Gasteiger partial charge in [-0.05, 0) is 48.5 Å². The predicted octanol–water partition coefficient (Wildman–Crippen LogP) is -0.795. The van der Waals surface area contributed by atoms with Gasteiger partial charge >= 0.3 is 103 Å². The number of rotatable bonds is 7. The number of hydrogen-bond acceptors (Lipinski definition) is 12. The maximum atomic E-state index is 12.4. The summed E-state index contributed by atoms with van der Waals surface area (Å²) in [5.74, 6) is 4.10. The molecule has 0 radical (unpaired) electrons. The number of imidazole rings is 2. The van der Waals surface area contributed by atoms with Gasteiger partial charge in [-0.25, -0.2) is 19.0 Å². The molecule has 0 aliphatic carbocycles. The van der Waals surface area contributed by atoms with Crippen LogP contribution >= 0.6 is 34.8 Å². The summed E-state index contributed by atoms with van der Waals surface area (Å²) in [6.07, 6.45) is 3.12. The Morgan fingerprint density at radius 1 is 0.839 bits per heavy atom. The molecule has 16 nitrogen and oxygen atoms in total. The molecule has 0 fully saturated rings. The molecule has 1 N–H and O–H groups in total. The molecule has 6 rings (SSSR count). The van der Waals surface area contributed by atoms with Gasteiger partial charge in [0.25, 0.3) is 17.6 Å². The van der Waals surface area contributed by atoms with E-state index >= 15 is 0 Å². The molecule has 4 aromatic heterocycles. The molecule has 0 aliphatic rings. The van der Waals surface area contributed by atoms with Crippen LogP contribution in [0.1, 0.15) is 71.2 Å². The number of ether oxygens (including phenoxy) is 1. The molecular weight excluding hydrogens is 843 g/mol. The third-order valence-electron chi connectivity index (χ3n) is 6.98. The normalized spacial score (nSPS) is 9.79. The predicted molar refractivity (Wildman–Crippen MR) is 203 cm³/mol. The molecule has 4 heterocycles. The molecule has 290 valence electrons. The van der Waals surface area contributed by atoms with Crippen LogP contribution in [0.4, 0.5) is 0 Å². The van der Waals surface area contributed by atoms with Crippen molar-refractivity contribution < 1.29 is 129 Å². The van der Waals surface area contributed by atoms with E-state index in [0.717, 1.165) is 11.6 Å². The fraction of sp³-hybridized carbons (Fsp3) is 0.314. The van der Waals surface area contributed by atoms with E-state index in [-0.39, 0.29) is 152 Å². The van der Waals surface area contributed by atoms with Crippen molar-refractivity contribution in [1.29, 1.82) is 5.26 Å². The minimum atomic E-state index is -0.181. The van der Waals surface area contributed by atoms with E-state index in [1.165, 1.54) is 16.1 Å². The second-order valence-corrected chi connectivity index (χ2v) is 12.6. The van der Waals surface area contributed by atoms with E-state index in [2.05, 4.69) is 25.1 Å². The van der Waals surface area contributed by atoms with Crippen molar-refractivity contribution >= 4 is 52.3 Å². The minimum Gasteiger partial charge on any atom is -1.00 e. The van der Waals surface area contributed by atoms with E-state index in [1.807, 2.05) is 27.7 Å². The summed E-state index contributed by atoms with van der Waals surface area (Å²) < 4.78 is 11.8. The second-order valence-electron chi connectivity index (χ2n) is 11.5. The Hall–Kier alpha value is -2.20. The van der Waals surface area contributed by atoms with Crippen LogP contribution in [0.2, 0.25) is 10.0 Å². The minimum absolute atomic E-state index is 0. The molecule has 0 amide bonds. The van der Waals surface area contributed by atoms with Gasteiger partial charge in [-0.15, -0.1) is 16.7 Å². The van der Waals surface area contributed by atoms with Crippen molar-refractivity contribution in [2.45, 2.75) is 58.9 Å². The van der Waals surface area contributed by atoms with Gasteiger partial charge in [0.15, 0.2) is 16.9 Å². The number of aromatic nitrogens is 8. The van der Waals surface area contributed by atoms with Crippen molar-refractivity contribution in [1.82, 2.24) is 38.3 Å². The Kier molecular flexibility index (Phi) is 26.4. The van der Waals surface area contributed by atoms with Crippen LogP contribution in [-0.4, -0.2) is 49.9 Å². The molecule has 0 bridgehead atoms. The largest absolute Gasteiger partial charge is 1.00 e. The third-order valence-corrected chi connectivity index (χ3v) is 7.72. The number of aromatic hydroxyl groups is 1. The average Bonchev–Trinajstić information content (AvgIpc) is 3.79. The zero-order valence-corrected chi connectivity index (χ0v) is 41.0. The number of phenolic OH excluding ortho intramolecular Hbond substituents is 1. The van der Waals surface area contributed by atoms with Gasteiger partial charge in [0, 0.05) is 42.9 Å². The van der Waals surface area contributed by atoms with E-state index < -0.39 is 0 Å². The van der Waals surface area contributed by atoms with Crippen LogP contribution in [0.3, 0.4) is 0 Å². The van der Waals surface area contributed by atoms with Crippen LogP contribution in [0.15, 0.2) is 70.5 Å². The van der Waals surface area contributed by atoms with Gasteiger partial charge in [-0.2, -0.15) is 10.4 Å². The maximum Gasteiger partial charge on any atom is 1.00 e. The summed E-state index contributed by atoms with van der Waals surface area (Å²) >= 11 is 17.1. The topological polar surface area (TPSA) is 207 Å². The number of nitriles is 1. The number of fused-ring (bicyclic) bond motifs is 2. The first-order chi connectivity index (χ1) is 25.6. The number of carbonyl (C=O) groups excluding carboxylic acids is 1. The molecular formula is C35H40Cl3K2N9O7. The third kappa shape index (κ3) is 15.9. The molecule has 21 heteroatoms. The molecule has 0 spiro atoms.